The van der Waals surface area contributed by atoms with E-state index in [9.17, 15) is 4.79 Å². The van der Waals surface area contributed by atoms with Crippen molar-refractivity contribution in [1.29, 1.82) is 0 Å². The molecule has 1 atom stereocenters. The summed E-state index contributed by atoms with van der Waals surface area (Å²) in [6.45, 7) is 0.695. The van der Waals surface area contributed by atoms with Gasteiger partial charge in [0.1, 0.15) is 22.6 Å². The minimum Gasteiger partial charge on any atom is -0.497 e. The molecule has 132 valence electrons. The van der Waals surface area contributed by atoms with E-state index in [2.05, 4.69) is 0 Å². The molecule has 1 fully saturated rings. The smallest absolute Gasteiger partial charge is 0.255 e. The Morgan fingerprint density at radius 3 is 2.52 bits per heavy atom. The number of carbonyl (C=O) groups is 1. The predicted octanol–water partition coefficient (Wildman–Crippen LogP) is 3.60. The van der Waals surface area contributed by atoms with Crippen LogP contribution in [0.2, 0.25) is 0 Å². The first kappa shape index (κ1) is 17.5. The quantitative estimate of drug-likeness (QED) is 0.816. The van der Waals surface area contributed by atoms with Crippen molar-refractivity contribution in [1.82, 2.24) is 4.90 Å². The lowest BCUT2D eigenvalue weighted by molar-refractivity contribution is 0.0759. The van der Waals surface area contributed by atoms with E-state index in [1.165, 1.54) is 0 Å². The largest absolute Gasteiger partial charge is 0.497 e. The topological polar surface area (TPSA) is 48.0 Å². The summed E-state index contributed by atoms with van der Waals surface area (Å²) in [5.74, 6) is 3.01. The van der Waals surface area contributed by atoms with Gasteiger partial charge in [-0.3, -0.25) is 4.79 Å². The first-order chi connectivity index (χ1) is 12.2. The first-order valence-electron chi connectivity index (χ1n) is 7.96. The molecule has 1 aliphatic rings. The lowest BCUT2D eigenvalue weighted by Gasteiger charge is -2.26. The lowest BCUT2D eigenvalue weighted by atomic mass is 10.1. The van der Waals surface area contributed by atoms with Gasteiger partial charge in [-0.15, -0.1) is 11.8 Å². The second-order valence-electron chi connectivity index (χ2n) is 5.56. The van der Waals surface area contributed by atoms with Crippen LogP contribution in [-0.4, -0.2) is 44.4 Å². The van der Waals surface area contributed by atoms with E-state index in [-0.39, 0.29) is 11.3 Å². The molecule has 3 rings (SSSR count). The van der Waals surface area contributed by atoms with Gasteiger partial charge in [-0.25, -0.2) is 0 Å². The fourth-order valence-corrected chi connectivity index (χ4v) is 4.16. The summed E-state index contributed by atoms with van der Waals surface area (Å²) in [6.07, 6.45) is 0. The molecule has 25 heavy (non-hydrogen) atoms. The van der Waals surface area contributed by atoms with Crippen LogP contribution in [0.1, 0.15) is 21.3 Å². The van der Waals surface area contributed by atoms with E-state index in [0.29, 0.717) is 17.9 Å². The van der Waals surface area contributed by atoms with E-state index in [4.69, 9.17) is 14.2 Å². The Labute approximate surface area is 151 Å². The van der Waals surface area contributed by atoms with Crippen LogP contribution in [0.5, 0.6) is 17.2 Å². The molecule has 0 N–H and O–H groups in total. The summed E-state index contributed by atoms with van der Waals surface area (Å²) in [5, 5.41) is -0.0837. The van der Waals surface area contributed by atoms with Crippen molar-refractivity contribution in [2.75, 3.05) is 33.6 Å². The summed E-state index contributed by atoms with van der Waals surface area (Å²) in [7, 11) is 4.85. The Morgan fingerprint density at radius 2 is 1.80 bits per heavy atom. The van der Waals surface area contributed by atoms with Gasteiger partial charge in [0, 0.05) is 29.5 Å². The van der Waals surface area contributed by atoms with Crippen molar-refractivity contribution in [3.63, 3.8) is 0 Å². The second kappa shape index (κ2) is 7.70. The maximum Gasteiger partial charge on any atom is 0.255 e. The highest BCUT2D eigenvalue weighted by molar-refractivity contribution is 7.99. The molecule has 6 heteroatoms. The van der Waals surface area contributed by atoms with Gasteiger partial charge in [0.15, 0.2) is 0 Å². The molecule has 0 bridgehead atoms. The Bertz CT molecular complexity index is 765. The molecule has 0 spiro atoms. The fraction of sp³-hybridized carbons (Fsp3) is 0.316. The van der Waals surface area contributed by atoms with E-state index >= 15 is 0 Å². The number of hydrogen-bond acceptors (Lipinski definition) is 5. The zero-order chi connectivity index (χ0) is 17.8. The first-order valence-corrected chi connectivity index (χ1v) is 9.01. The number of hydrogen-bond donors (Lipinski definition) is 0. The minimum atomic E-state index is -0.0837. The summed E-state index contributed by atoms with van der Waals surface area (Å²) in [6, 6.07) is 13.0. The summed E-state index contributed by atoms with van der Waals surface area (Å²) >= 11 is 1.73. The van der Waals surface area contributed by atoms with Gasteiger partial charge >= 0.3 is 0 Å². The molecule has 1 saturated heterocycles. The number of thioether (sulfide) groups is 1. The number of nitrogens with zero attached hydrogens (tertiary/aromatic N) is 1. The van der Waals surface area contributed by atoms with E-state index in [1.807, 2.05) is 41.3 Å². The maximum atomic E-state index is 13.0. The van der Waals surface area contributed by atoms with Gasteiger partial charge in [-0.05, 0) is 30.3 Å². The third-order valence-electron chi connectivity index (χ3n) is 4.18. The third-order valence-corrected chi connectivity index (χ3v) is 5.42. The Kier molecular flexibility index (Phi) is 5.38. The van der Waals surface area contributed by atoms with Crippen LogP contribution in [0, 0.1) is 0 Å². The average Bonchev–Trinajstić information content (AvgIpc) is 3.16. The summed E-state index contributed by atoms with van der Waals surface area (Å²) in [4.78, 5) is 14.9. The number of benzene rings is 2. The van der Waals surface area contributed by atoms with Crippen molar-refractivity contribution in [3.8, 4) is 17.2 Å². The SMILES string of the molecule is COc1cccc(C(=O)N2CCS[C@@H]2c2ccc(OC)cc2OC)c1. The van der Waals surface area contributed by atoms with Crippen molar-refractivity contribution in [2.24, 2.45) is 0 Å². The van der Waals surface area contributed by atoms with E-state index in [0.717, 1.165) is 22.8 Å². The molecule has 0 radical (unpaired) electrons. The van der Waals surface area contributed by atoms with Crippen molar-refractivity contribution in [2.45, 2.75) is 5.37 Å². The number of rotatable bonds is 5. The zero-order valence-corrected chi connectivity index (χ0v) is 15.3. The van der Waals surface area contributed by atoms with Gasteiger partial charge in [0.2, 0.25) is 0 Å². The highest BCUT2D eigenvalue weighted by Gasteiger charge is 2.33. The minimum absolute atomic E-state index is 0.00762. The molecular formula is C19H21NO4S. The van der Waals surface area contributed by atoms with Crippen LogP contribution < -0.4 is 14.2 Å². The Morgan fingerprint density at radius 1 is 1.04 bits per heavy atom. The Balaban J connectivity index is 1.91. The molecule has 0 aliphatic carbocycles. The normalized spacial score (nSPS) is 16.6. The molecule has 1 aliphatic heterocycles. The summed E-state index contributed by atoms with van der Waals surface area (Å²) < 4.78 is 16.0. The number of ether oxygens (including phenoxy) is 3. The van der Waals surface area contributed by atoms with Crippen molar-refractivity contribution < 1.29 is 19.0 Å². The standard InChI is InChI=1S/C19H21NO4S/c1-22-14-6-4-5-13(11-14)18(21)20-9-10-25-19(20)16-8-7-15(23-2)12-17(16)24-3/h4-8,11-12,19H,9-10H2,1-3H3/t19-/m1/s1. The predicted molar refractivity (Wildman–Crippen MR) is 98.8 cm³/mol. The molecule has 2 aromatic rings. The lowest BCUT2D eigenvalue weighted by Crippen LogP contribution is -2.30. The van der Waals surface area contributed by atoms with E-state index < -0.39 is 0 Å². The van der Waals surface area contributed by atoms with Crippen molar-refractivity contribution in [3.05, 3.63) is 53.6 Å². The van der Waals surface area contributed by atoms with Crippen LogP contribution in [0.25, 0.3) is 0 Å². The van der Waals surface area contributed by atoms with E-state index in [1.54, 1.807) is 39.2 Å². The van der Waals surface area contributed by atoms with Gasteiger partial charge in [0.05, 0.1) is 21.3 Å². The van der Waals surface area contributed by atoms with Gasteiger partial charge in [-0.2, -0.15) is 0 Å². The zero-order valence-electron chi connectivity index (χ0n) is 14.5. The fourth-order valence-electron chi connectivity index (χ4n) is 2.88. The molecule has 0 saturated carbocycles. The van der Waals surface area contributed by atoms with Gasteiger partial charge < -0.3 is 19.1 Å². The third kappa shape index (κ3) is 3.54. The number of methoxy groups -OCH3 is 3. The highest BCUT2D eigenvalue weighted by atomic mass is 32.2. The molecule has 0 aromatic heterocycles. The molecule has 1 amide bonds. The van der Waals surface area contributed by atoms with Crippen LogP contribution in [0.15, 0.2) is 42.5 Å². The number of carbonyl (C=O) groups excluding carboxylic acids is 1. The van der Waals surface area contributed by atoms with Gasteiger partial charge in [0.25, 0.3) is 5.91 Å². The van der Waals surface area contributed by atoms with Crippen LogP contribution >= 0.6 is 11.8 Å². The molecular weight excluding hydrogens is 338 g/mol. The maximum absolute atomic E-state index is 13.0. The average molecular weight is 359 g/mol. The van der Waals surface area contributed by atoms with Crippen LogP contribution in [0.3, 0.4) is 0 Å². The molecule has 2 aromatic carbocycles. The van der Waals surface area contributed by atoms with Crippen LogP contribution in [-0.2, 0) is 0 Å². The van der Waals surface area contributed by atoms with Crippen molar-refractivity contribution >= 4 is 17.7 Å². The monoisotopic (exact) mass is 359 g/mol. The van der Waals surface area contributed by atoms with Crippen LogP contribution in [0.4, 0.5) is 0 Å². The Hall–Kier alpha value is -2.34. The molecule has 1 heterocycles. The summed E-state index contributed by atoms with van der Waals surface area (Å²) in [5.41, 5.74) is 1.60. The number of amides is 1. The van der Waals surface area contributed by atoms with Gasteiger partial charge in [-0.1, -0.05) is 6.07 Å². The second-order valence-corrected chi connectivity index (χ2v) is 6.75. The molecule has 0 unspecified atom stereocenters. The highest BCUT2D eigenvalue weighted by Crippen LogP contribution is 2.43. The molecule has 5 nitrogen and oxygen atoms in total.